The number of rotatable bonds is 3. The molecule has 0 atom stereocenters. The van der Waals surface area contributed by atoms with Crippen molar-refractivity contribution in [3.8, 4) is 0 Å². The lowest BCUT2D eigenvalue weighted by Gasteiger charge is -2.31. The highest BCUT2D eigenvalue weighted by atomic mass is 32.2. The Bertz CT molecular complexity index is 995. The average molecular weight is 399 g/mol. The van der Waals surface area contributed by atoms with Crippen LogP contribution in [-0.2, 0) is 16.4 Å². The van der Waals surface area contributed by atoms with E-state index in [0.717, 1.165) is 43.4 Å². The number of nitrogens with zero attached hydrogens (tertiary/aromatic N) is 2. The van der Waals surface area contributed by atoms with Gasteiger partial charge in [0, 0.05) is 25.3 Å². The van der Waals surface area contributed by atoms with Gasteiger partial charge in [0.25, 0.3) is 5.91 Å². The fraction of sp³-hybridized carbons (Fsp3) is 0.409. The van der Waals surface area contributed by atoms with Gasteiger partial charge in [0.15, 0.2) is 0 Å². The molecule has 4 rings (SSSR count). The first kappa shape index (κ1) is 19.2. The highest BCUT2D eigenvalue weighted by molar-refractivity contribution is 7.89. The molecule has 2 aromatic carbocycles. The molecule has 0 saturated carbocycles. The third-order valence-corrected chi connectivity index (χ3v) is 7.61. The van der Waals surface area contributed by atoms with Gasteiger partial charge in [-0.3, -0.25) is 4.79 Å². The van der Waals surface area contributed by atoms with Crippen LogP contribution in [0.2, 0.25) is 0 Å². The Hall–Kier alpha value is -2.18. The molecule has 0 aromatic heterocycles. The lowest BCUT2D eigenvalue weighted by Crippen LogP contribution is -2.39. The van der Waals surface area contributed by atoms with E-state index in [1.54, 1.807) is 29.2 Å². The number of carbonyl (C=O) groups excluding carboxylic acids is 1. The smallest absolute Gasteiger partial charge is 0.259 e. The summed E-state index contributed by atoms with van der Waals surface area (Å²) in [6, 6.07) is 12.7. The summed E-state index contributed by atoms with van der Waals surface area (Å²) in [5, 5.41) is 0. The molecule has 1 amide bonds. The molecular weight excluding hydrogens is 372 g/mol. The summed E-state index contributed by atoms with van der Waals surface area (Å²) in [6.45, 7) is 3.70. The van der Waals surface area contributed by atoms with Crippen LogP contribution in [0, 0.1) is 6.92 Å². The summed E-state index contributed by atoms with van der Waals surface area (Å²) in [5.41, 5.74) is 3.48. The van der Waals surface area contributed by atoms with Crippen LogP contribution >= 0.6 is 0 Å². The minimum atomic E-state index is -3.67. The summed E-state index contributed by atoms with van der Waals surface area (Å²) in [6.07, 6.45) is 4.61. The zero-order valence-corrected chi connectivity index (χ0v) is 17.0. The minimum Gasteiger partial charge on any atom is -0.308 e. The molecule has 2 aromatic rings. The fourth-order valence-electron chi connectivity index (χ4n) is 4.19. The third kappa shape index (κ3) is 3.47. The second-order valence-corrected chi connectivity index (χ2v) is 9.56. The summed E-state index contributed by atoms with van der Waals surface area (Å²) >= 11 is 0. The molecule has 28 heavy (non-hydrogen) atoms. The van der Waals surface area contributed by atoms with E-state index >= 15 is 0 Å². The monoisotopic (exact) mass is 398 g/mol. The van der Waals surface area contributed by atoms with E-state index in [1.165, 1.54) is 9.87 Å². The predicted molar refractivity (Wildman–Crippen MR) is 110 cm³/mol. The lowest BCUT2D eigenvalue weighted by atomic mass is 9.99. The Morgan fingerprint density at radius 3 is 2.46 bits per heavy atom. The molecule has 2 aliphatic rings. The molecule has 0 bridgehead atoms. The van der Waals surface area contributed by atoms with Crippen LogP contribution < -0.4 is 4.90 Å². The highest BCUT2D eigenvalue weighted by Gasteiger charge is 2.32. The molecule has 0 spiro atoms. The number of fused-ring (bicyclic) bond motifs is 1. The van der Waals surface area contributed by atoms with Gasteiger partial charge in [-0.25, -0.2) is 8.42 Å². The van der Waals surface area contributed by atoms with Crippen molar-refractivity contribution in [2.75, 3.05) is 24.5 Å². The van der Waals surface area contributed by atoms with Gasteiger partial charge < -0.3 is 4.90 Å². The zero-order chi connectivity index (χ0) is 19.7. The maximum atomic E-state index is 13.4. The molecule has 1 fully saturated rings. The van der Waals surface area contributed by atoms with Crippen molar-refractivity contribution in [1.29, 1.82) is 0 Å². The van der Waals surface area contributed by atoms with Crippen molar-refractivity contribution in [1.82, 2.24) is 4.31 Å². The Kier molecular flexibility index (Phi) is 5.25. The van der Waals surface area contributed by atoms with Gasteiger partial charge in [-0.05, 0) is 56.4 Å². The van der Waals surface area contributed by atoms with Crippen LogP contribution in [0.15, 0.2) is 47.4 Å². The summed E-state index contributed by atoms with van der Waals surface area (Å²) in [5.74, 6) is -0.235. The molecule has 0 aliphatic carbocycles. The second kappa shape index (κ2) is 7.68. The molecule has 0 unspecified atom stereocenters. The van der Waals surface area contributed by atoms with E-state index in [9.17, 15) is 13.2 Å². The first-order valence-corrected chi connectivity index (χ1v) is 11.4. The van der Waals surface area contributed by atoms with Crippen LogP contribution in [0.4, 0.5) is 5.69 Å². The topological polar surface area (TPSA) is 57.7 Å². The number of amides is 1. The van der Waals surface area contributed by atoms with Crippen LogP contribution in [-0.4, -0.2) is 38.3 Å². The quantitative estimate of drug-likeness (QED) is 0.791. The van der Waals surface area contributed by atoms with E-state index in [4.69, 9.17) is 0 Å². The van der Waals surface area contributed by atoms with Gasteiger partial charge in [0.1, 0.15) is 0 Å². The molecule has 0 radical (unpaired) electrons. The van der Waals surface area contributed by atoms with E-state index in [1.807, 2.05) is 19.1 Å². The summed E-state index contributed by atoms with van der Waals surface area (Å²) in [4.78, 5) is 15.3. The maximum Gasteiger partial charge on any atom is 0.259 e. The average Bonchev–Trinajstić information content (AvgIpc) is 2.73. The number of hydrogen-bond acceptors (Lipinski definition) is 3. The largest absolute Gasteiger partial charge is 0.308 e. The van der Waals surface area contributed by atoms with Crippen molar-refractivity contribution >= 4 is 21.6 Å². The van der Waals surface area contributed by atoms with Gasteiger partial charge in [-0.2, -0.15) is 4.31 Å². The molecule has 5 nitrogen and oxygen atoms in total. The van der Waals surface area contributed by atoms with Crippen LogP contribution in [0.25, 0.3) is 0 Å². The molecule has 148 valence electrons. The first-order valence-electron chi connectivity index (χ1n) is 9.99. The second-order valence-electron chi connectivity index (χ2n) is 7.65. The van der Waals surface area contributed by atoms with Crippen LogP contribution in [0.1, 0.15) is 47.2 Å². The Labute approximate surface area is 167 Å². The number of piperidine rings is 1. The van der Waals surface area contributed by atoms with Gasteiger partial charge >= 0.3 is 0 Å². The van der Waals surface area contributed by atoms with Crippen LogP contribution in [0.5, 0.6) is 0 Å². The summed E-state index contributed by atoms with van der Waals surface area (Å²) in [7, 11) is -3.67. The van der Waals surface area contributed by atoms with Crippen molar-refractivity contribution in [3.63, 3.8) is 0 Å². The predicted octanol–water partition coefficient (Wildman–Crippen LogP) is 3.76. The number of benzene rings is 2. The van der Waals surface area contributed by atoms with Gasteiger partial charge in [0.05, 0.1) is 10.5 Å². The first-order chi connectivity index (χ1) is 13.5. The van der Waals surface area contributed by atoms with Gasteiger partial charge in [-0.15, -0.1) is 0 Å². The van der Waals surface area contributed by atoms with Crippen molar-refractivity contribution in [3.05, 3.63) is 59.2 Å². The van der Waals surface area contributed by atoms with Gasteiger partial charge in [0.2, 0.25) is 10.0 Å². The van der Waals surface area contributed by atoms with E-state index < -0.39 is 10.0 Å². The highest BCUT2D eigenvalue weighted by Crippen LogP contribution is 2.31. The van der Waals surface area contributed by atoms with Crippen molar-refractivity contribution < 1.29 is 13.2 Å². The molecule has 2 aliphatic heterocycles. The SMILES string of the molecule is Cc1ccc2c(c1)CCCN2C(=O)c1ccccc1S(=O)(=O)N1CCCCC1. The molecule has 2 heterocycles. The zero-order valence-electron chi connectivity index (χ0n) is 16.2. The fourth-order valence-corrected chi connectivity index (χ4v) is 5.90. The standard InChI is InChI=1S/C22H26N2O3S/c1-17-11-12-20-18(16-17)8-7-15-24(20)22(25)19-9-3-4-10-21(19)28(26,27)23-13-5-2-6-14-23/h3-4,9-12,16H,2,5-8,13-15H2,1H3. The maximum absolute atomic E-state index is 13.4. The molecule has 6 heteroatoms. The number of carbonyl (C=O) groups is 1. The van der Waals surface area contributed by atoms with E-state index in [2.05, 4.69) is 6.07 Å². The summed E-state index contributed by atoms with van der Waals surface area (Å²) < 4.78 is 28.0. The number of anilines is 1. The Morgan fingerprint density at radius 2 is 1.68 bits per heavy atom. The number of hydrogen-bond donors (Lipinski definition) is 0. The lowest BCUT2D eigenvalue weighted by molar-refractivity contribution is 0.0981. The normalized spacial score (nSPS) is 18.0. The number of sulfonamides is 1. The Balaban J connectivity index is 1.73. The molecular formula is C22H26N2O3S. The third-order valence-electron chi connectivity index (χ3n) is 5.65. The molecule has 0 N–H and O–H groups in total. The Morgan fingerprint density at radius 1 is 0.929 bits per heavy atom. The van der Waals surface area contributed by atoms with Crippen LogP contribution in [0.3, 0.4) is 0 Å². The van der Waals surface area contributed by atoms with Crippen molar-refractivity contribution in [2.45, 2.75) is 43.9 Å². The number of aryl methyl sites for hydroxylation is 2. The van der Waals surface area contributed by atoms with Gasteiger partial charge in [-0.1, -0.05) is 36.2 Å². The van der Waals surface area contributed by atoms with Crippen molar-refractivity contribution in [2.24, 2.45) is 0 Å². The molecule has 1 saturated heterocycles. The van der Waals surface area contributed by atoms with E-state index in [-0.39, 0.29) is 16.4 Å². The van der Waals surface area contributed by atoms with E-state index in [0.29, 0.717) is 19.6 Å². The minimum absolute atomic E-state index is 0.126.